The lowest BCUT2D eigenvalue weighted by molar-refractivity contribution is 0.163. The quantitative estimate of drug-likeness (QED) is 0.599. The van der Waals surface area contributed by atoms with E-state index in [1.165, 1.54) is 0 Å². The van der Waals surface area contributed by atoms with Crippen molar-refractivity contribution in [3.05, 3.63) is 47.6 Å². The summed E-state index contributed by atoms with van der Waals surface area (Å²) in [5, 5.41) is 7.33. The molecule has 0 aliphatic carbocycles. The van der Waals surface area contributed by atoms with E-state index in [-0.39, 0.29) is 5.75 Å². The number of para-hydroxylation sites is 1. The molecule has 1 amide bonds. The summed E-state index contributed by atoms with van der Waals surface area (Å²) >= 11 is 6.32. The molecule has 0 unspecified atom stereocenters. The van der Waals surface area contributed by atoms with Crippen molar-refractivity contribution < 1.29 is 23.7 Å². The molecule has 0 spiro atoms. The first-order chi connectivity index (χ1) is 15.1. The number of nitrogens with two attached hydrogens (primary N) is 1. The highest BCUT2D eigenvalue weighted by Gasteiger charge is 2.20. The monoisotopic (exact) mass is 444 g/mol. The molecule has 0 saturated carbocycles. The third kappa shape index (κ3) is 4.52. The predicted molar refractivity (Wildman–Crippen MR) is 115 cm³/mol. The van der Waals surface area contributed by atoms with Crippen LogP contribution in [0.25, 0.3) is 11.3 Å². The Morgan fingerprint density at radius 3 is 2.87 bits per heavy atom. The summed E-state index contributed by atoms with van der Waals surface area (Å²) in [6.45, 7) is 1.52. The van der Waals surface area contributed by atoms with Crippen molar-refractivity contribution in [3.8, 4) is 34.3 Å². The summed E-state index contributed by atoms with van der Waals surface area (Å²) in [7, 11) is 1.77. The zero-order chi connectivity index (χ0) is 21.8. The van der Waals surface area contributed by atoms with Crippen molar-refractivity contribution in [2.75, 3.05) is 31.7 Å². The number of hydrogen-bond acceptors (Lipinski definition) is 7. The lowest BCUT2D eigenvalue weighted by Crippen LogP contribution is -2.20. The van der Waals surface area contributed by atoms with Gasteiger partial charge in [0.25, 0.3) is 0 Å². The zero-order valence-corrected chi connectivity index (χ0v) is 17.5. The van der Waals surface area contributed by atoms with Gasteiger partial charge in [-0.1, -0.05) is 17.7 Å². The first-order valence-electron chi connectivity index (χ1n) is 9.59. The number of carbonyl (C=O) groups excluding carboxylic acids is 1. The molecular weight excluding hydrogens is 424 g/mol. The molecule has 2 heterocycles. The van der Waals surface area contributed by atoms with Crippen LogP contribution in [-0.2, 0) is 7.05 Å². The number of nitrogens with zero attached hydrogens (tertiary/aromatic N) is 2. The molecule has 162 valence electrons. The number of nitrogens with one attached hydrogen (secondary N) is 1. The number of aryl methyl sites for hydroxylation is 1. The van der Waals surface area contributed by atoms with Crippen molar-refractivity contribution in [2.45, 2.75) is 0 Å². The number of aromatic nitrogens is 2. The van der Waals surface area contributed by atoms with Gasteiger partial charge in [-0.3, -0.25) is 10.00 Å². The van der Waals surface area contributed by atoms with Gasteiger partial charge in [0.05, 0.1) is 16.9 Å². The number of fused-ring (bicyclic) bond motifs is 1. The lowest BCUT2D eigenvalue weighted by Gasteiger charge is -2.20. The van der Waals surface area contributed by atoms with Crippen molar-refractivity contribution >= 4 is 23.4 Å². The second kappa shape index (κ2) is 9.15. The van der Waals surface area contributed by atoms with Gasteiger partial charge in [0.15, 0.2) is 11.5 Å². The summed E-state index contributed by atoms with van der Waals surface area (Å²) in [6.07, 6.45) is 0.860. The maximum atomic E-state index is 12.5. The molecular formula is C21H21ClN4O5. The Bertz CT molecular complexity index is 1080. The second-order valence-electron chi connectivity index (χ2n) is 6.61. The molecule has 31 heavy (non-hydrogen) atoms. The van der Waals surface area contributed by atoms with Crippen molar-refractivity contribution in [1.82, 2.24) is 9.78 Å². The van der Waals surface area contributed by atoms with Crippen LogP contribution in [0.3, 0.4) is 0 Å². The molecule has 3 aromatic rings. The highest BCUT2D eigenvalue weighted by Crippen LogP contribution is 2.39. The van der Waals surface area contributed by atoms with Gasteiger partial charge in [-0.25, -0.2) is 4.79 Å². The molecule has 0 atom stereocenters. The van der Waals surface area contributed by atoms with Crippen LogP contribution in [0.2, 0.25) is 5.02 Å². The number of rotatable bonds is 6. The average Bonchev–Trinajstić information content (AvgIpc) is 3.11. The molecule has 10 heteroatoms. The number of amides is 1. The molecule has 4 rings (SSSR count). The Kier molecular flexibility index (Phi) is 6.15. The molecule has 1 aliphatic rings. The fourth-order valence-corrected chi connectivity index (χ4v) is 3.44. The maximum absolute atomic E-state index is 12.5. The smallest absolute Gasteiger partial charge is 0.417 e. The summed E-state index contributed by atoms with van der Waals surface area (Å²) in [5.74, 6) is 1.77. The van der Waals surface area contributed by atoms with Gasteiger partial charge in [0.2, 0.25) is 5.75 Å². The van der Waals surface area contributed by atoms with Crippen molar-refractivity contribution in [2.24, 2.45) is 12.8 Å². The number of anilines is 1. The SMILES string of the molecule is Cn1ncc(Cl)c1-c1cc(NC(=O)Oc2cccc3c2OCCO3)ccc1OCCN. The topological polar surface area (TPSA) is 110 Å². The van der Waals surface area contributed by atoms with E-state index in [9.17, 15) is 4.79 Å². The molecule has 0 saturated heterocycles. The van der Waals surface area contributed by atoms with Gasteiger partial charge < -0.3 is 24.7 Å². The Morgan fingerprint density at radius 1 is 1.26 bits per heavy atom. The number of halogens is 1. The van der Waals surface area contributed by atoms with E-state index in [1.807, 2.05) is 0 Å². The average molecular weight is 445 g/mol. The fraction of sp³-hybridized carbons (Fsp3) is 0.238. The second-order valence-corrected chi connectivity index (χ2v) is 7.01. The van der Waals surface area contributed by atoms with Gasteiger partial charge >= 0.3 is 6.09 Å². The minimum atomic E-state index is -0.680. The molecule has 2 aromatic carbocycles. The van der Waals surface area contributed by atoms with Gasteiger partial charge in [0.1, 0.15) is 25.6 Å². The van der Waals surface area contributed by atoms with Crippen molar-refractivity contribution in [1.29, 1.82) is 0 Å². The van der Waals surface area contributed by atoms with Crippen LogP contribution in [0, 0.1) is 0 Å². The van der Waals surface area contributed by atoms with Gasteiger partial charge in [0, 0.05) is 24.8 Å². The zero-order valence-electron chi connectivity index (χ0n) is 16.8. The van der Waals surface area contributed by atoms with Crippen LogP contribution in [-0.4, -0.2) is 42.2 Å². The van der Waals surface area contributed by atoms with E-state index in [1.54, 1.807) is 54.3 Å². The lowest BCUT2D eigenvalue weighted by atomic mass is 10.1. The summed E-state index contributed by atoms with van der Waals surface area (Å²) < 4.78 is 23.9. The van der Waals surface area contributed by atoms with E-state index >= 15 is 0 Å². The van der Waals surface area contributed by atoms with Crippen molar-refractivity contribution in [3.63, 3.8) is 0 Å². The molecule has 0 bridgehead atoms. The third-order valence-corrected chi connectivity index (χ3v) is 4.76. The summed E-state index contributed by atoms with van der Waals surface area (Å²) in [6, 6.07) is 10.3. The van der Waals surface area contributed by atoms with E-state index in [0.29, 0.717) is 65.6 Å². The maximum Gasteiger partial charge on any atom is 0.417 e. The molecule has 1 aromatic heterocycles. The predicted octanol–water partition coefficient (Wildman–Crippen LogP) is 3.46. The molecule has 1 aliphatic heterocycles. The summed E-state index contributed by atoms with van der Waals surface area (Å²) in [4.78, 5) is 12.5. The van der Waals surface area contributed by atoms with Crippen LogP contribution >= 0.6 is 11.6 Å². The van der Waals surface area contributed by atoms with E-state index in [0.717, 1.165) is 0 Å². The minimum Gasteiger partial charge on any atom is -0.492 e. The summed E-state index contributed by atoms with van der Waals surface area (Å²) in [5.41, 5.74) is 7.35. The Balaban J connectivity index is 1.57. The van der Waals surface area contributed by atoms with Gasteiger partial charge in [-0.2, -0.15) is 5.10 Å². The van der Waals surface area contributed by atoms with E-state index in [4.69, 9.17) is 36.3 Å². The molecule has 9 nitrogen and oxygen atoms in total. The van der Waals surface area contributed by atoms with E-state index in [2.05, 4.69) is 10.4 Å². The highest BCUT2D eigenvalue weighted by molar-refractivity contribution is 6.33. The number of ether oxygens (including phenoxy) is 4. The van der Waals surface area contributed by atoms with Crippen LogP contribution in [0.1, 0.15) is 0 Å². The van der Waals surface area contributed by atoms with E-state index < -0.39 is 6.09 Å². The Hall–Kier alpha value is -3.43. The number of hydrogen-bond donors (Lipinski definition) is 2. The Morgan fingerprint density at radius 2 is 2.10 bits per heavy atom. The minimum absolute atomic E-state index is 0.271. The number of carbonyl (C=O) groups is 1. The van der Waals surface area contributed by atoms with Crippen LogP contribution in [0.4, 0.5) is 10.5 Å². The van der Waals surface area contributed by atoms with Gasteiger partial charge in [-0.05, 0) is 30.3 Å². The normalized spacial score (nSPS) is 12.4. The molecule has 3 N–H and O–H groups in total. The standard InChI is InChI=1S/C21H21ClN4O5/c1-26-19(15(22)12-24-26)14-11-13(5-6-16(14)28-8-7-23)25-21(27)31-18-4-2-3-17-20(18)30-10-9-29-17/h2-6,11-12H,7-10,23H2,1H3,(H,25,27). The Labute approximate surface area is 183 Å². The van der Waals surface area contributed by atoms with Crippen LogP contribution < -0.4 is 30.0 Å². The van der Waals surface area contributed by atoms with Crippen LogP contribution in [0.15, 0.2) is 42.6 Å². The fourth-order valence-electron chi connectivity index (χ4n) is 3.17. The highest BCUT2D eigenvalue weighted by atomic mass is 35.5. The first kappa shape index (κ1) is 20.8. The largest absolute Gasteiger partial charge is 0.492 e. The molecule has 0 radical (unpaired) electrons. The first-order valence-corrected chi connectivity index (χ1v) is 9.97. The third-order valence-electron chi connectivity index (χ3n) is 4.48. The molecule has 0 fully saturated rings. The van der Waals surface area contributed by atoms with Crippen LogP contribution in [0.5, 0.6) is 23.0 Å². The van der Waals surface area contributed by atoms with Gasteiger partial charge in [-0.15, -0.1) is 0 Å². The number of benzene rings is 2.